The minimum Gasteiger partial charge on any atom is -0.490 e. The molecular weight excluding hydrogens is 402 g/mol. The van der Waals surface area contributed by atoms with E-state index >= 15 is 0 Å². The van der Waals surface area contributed by atoms with Crippen molar-refractivity contribution in [2.45, 2.75) is 57.8 Å². The van der Waals surface area contributed by atoms with Crippen LogP contribution in [0.15, 0.2) is 42.5 Å². The van der Waals surface area contributed by atoms with Gasteiger partial charge >= 0.3 is 5.97 Å². The Balaban J connectivity index is 1.54. The topological polar surface area (TPSA) is 67.8 Å². The molecule has 3 atom stereocenters. The van der Waals surface area contributed by atoms with E-state index in [1.165, 1.54) is 11.1 Å². The van der Waals surface area contributed by atoms with Crippen LogP contribution >= 0.6 is 11.6 Å². The van der Waals surface area contributed by atoms with Gasteiger partial charge in [-0.3, -0.25) is 4.79 Å². The predicted octanol–water partition coefficient (Wildman–Crippen LogP) is 4.24. The van der Waals surface area contributed by atoms with E-state index in [9.17, 15) is 9.90 Å². The zero-order valence-electron chi connectivity index (χ0n) is 17.6. The maximum Gasteiger partial charge on any atom is 0.309 e. The largest absolute Gasteiger partial charge is 0.490 e. The van der Waals surface area contributed by atoms with Crippen LogP contribution in [-0.4, -0.2) is 36.4 Å². The number of carbonyl (C=O) groups excluding carboxylic acids is 1. The van der Waals surface area contributed by atoms with Gasteiger partial charge in [-0.2, -0.15) is 0 Å². The fourth-order valence-electron chi connectivity index (χ4n) is 3.82. The second-order valence-electron chi connectivity index (χ2n) is 7.79. The number of aryl methyl sites for hydroxylation is 1. The first-order chi connectivity index (χ1) is 14.4. The van der Waals surface area contributed by atoms with Crippen LogP contribution in [0.25, 0.3) is 0 Å². The number of carbonyl (C=O) groups is 1. The fourth-order valence-corrected chi connectivity index (χ4v) is 4.02. The van der Waals surface area contributed by atoms with Gasteiger partial charge in [-0.25, -0.2) is 0 Å². The number of nitrogens with one attached hydrogen (secondary N) is 1. The number of ether oxygens (including phenoxy) is 2. The van der Waals surface area contributed by atoms with Crippen LogP contribution < -0.4 is 10.1 Å². The Morgan fingerprint density at radius 2 is 2.10 bits per heavy atom. The Bertz CT molecular complexity index is 857. The summed E-state index contributed by atoms with van der Waals surface area (Å²) in [5.74, 6) is 0.524. The lowest BCUT2D eigenvalue weighted by Crippen LogP contribution is -2.37. The van der Waals surface area contributed by atoms with E-state index in [2.05, 4.69) is 17.4 Å². The molecule has 5 nitrogen and oxygen atoms in total. The van der Waals surface area contributed by atoms with Crippen LogP contribution in [0.1, 0.15) is 49.5 Å². The standard InChI is InChI=1S/C24H30ClNO4/c1-3-29-24(28)11-16(2)30-22-10-8-17-7-9-21(13-19(17)14-22)26-15-23(27)18-5-4-6-20(25)12-18/h4-6,8,10,12,14,16,21,23,26-27H,3,7,9,11,13,15H2,1-2H3. The van der Waals surface area contributed by atoms with Gasteiger partial charge in [0, 0.05) is 17.6 Å². The van der Waals surface area contributed by atoms with Gasteiger partial charge in [-0.05, 0) is 74.1 Å². The van der Waals surface area contributed by atoms with Crippen LogP contribution in [0.4, 0.5) is 0 Å². The molecule has 0 fully saturated rings. The van der Waals surface area contributed by atoms with Crippen molar-refractivity contribution < 1.29 is 19.4 Å². The monoisotopic (exact) mass is 431 g/mol. The third-order valence-electron chi connectivity index (χ3n) is 5.34. The van der Waals surface area contributed by atoms with E-state index in [0.29, 0.717) is 24.2 Å². The SMILES string of the molecule is CCOC(=O)CC(C)Oc1ccc2c(c1)CC(NCC(O)c1cccc(Cl)c1)CC2. The highest BCUT2D eigenvalue weighted by atomic mass is 35.5. The smallest absolute Gasteiger partial charge is 0.309 e. The maximum atomic E-state index is 11.6. The molecule has 6 heteroatoms. The molecule has 0 amide bonds. The fraction of sp³-hybridized carbons (Fsp3) is 0.458. The number of rotatable bonds is 9. The Hall–Kier alpha value is -2.08. The average Bonchev–Trinajstić information content (AvgIpc) is 2.71. The Labute approximate surface area is 183 Å². The summed E-state index contributed by atoms with van der Waals surface area (Å²) in [5, 5.41) is 14.6. The summed E-state index contributed by atoms with van der Waals surface area (Å²) in [6.07, 6.45) is 2.28. The summed E-state index contributed by atoms with van der Waals surface area (Å²) in [5.41, 5.74) is 3.39. The van der Waals surface area contributed by atoms with Crippen molar-refractivity contribution in [3.05, 3.63) is 64.2 Å². The van der Waals surface area contributed by atoms with Crippen LogP contribution in [0, 0.1) is 0 Å². The highest BCUT2D eigenvalue weighted by Crippen LogP contribution is 2.27. The third-order valence-corrected chi connectivity index (χ3v) is 5.57. The lowest BCUT2D eigenvalue weighted by atomic mass is 9.88. The van der Waals surface area contributed by atoms with E-state index < -0.39 is 6.10 Å². The maximum absolute atomic E-state index is 11.6. The molecule has 3 rings (SSSR count). The summed E-state index contributed by atoms with van der Waals surface area (Å²) in [6.45, 7) is 4.53. The zero-order valence-corrected chi connectivity index (χ0v) is 18.3. The van der Waals surface area contributed by atoms with Crippen molar-refractivity contribution >= 4 is 17.6 Å². The van der Waals surface area contributed by atoms with Gasteiger partial charge in [0.1, 0.15) is 11.9 Å². The Morgan fingerprint density at radius 1 is 1.27 bits per heavy atom. The molecule has 0 radical (unpaired) electrons. The molecular formula is C24H30ClNO4. The van der Waals surface area contributed by atoms with Crippen molar-refractivity contribution in [3.63, 3.8) is 0 Å². The predicted molar refractivity (Wildman–Crippen MR) is 118 cm³/mol. The minimum atomic E-state index is -0.594. The molecule has 0 bridgehead atoms. The van der Waals surface area contributed by atoms with E-state index in [0.717, 1.165) is 30.6 Å². The van der Waals surface area contributed by atoms with E-state index in [1.54, 1.807) is 19.1 Å². The lowest BCUT2D eigenvalue weighted by Gasteiger charge is -2.27. The number of esters is 1. The van der Waals surface area contributed by atoms with Crippen molar-refractivity contribution in [1.29, 1.82) is 0 Å². The van der Waals surface area contributed by atoms with E-state index in [4.69, 9.17) is 21.1 Å². The van der Waals surface area contributed by atoms with E-state index in [-0.39, 0.29) is 18.5 Å². The summed E-state index contributed by atoms with van der Waals surface area (Å²) >= 11 is 6.02. The van der Waals surface area contributed by atoms with Crippen molar-refractivity contribution in [2.24, 2.45) is 0 Å². The molecule has 2 N–H and O–H groups in total. The molecule has 0 heterocycles. The summed E-state index contributed by atoms with van der Waals surface area (Å²) in [7, 11) is 0. The molecule has 0 aliphatic heterocycles. The van der Waals surface area contributed by atoms with Crippen LogP contribution in [0.3, 0.4) is 0 Å². The quantitative estimate of drug-likeness (QED) is 0.581. The molecule has 1 aliphatic rings. The third kappa shape index (κ3) is 6.46. The molecule has 0 spiro atoms. The molecule has 3 unspecified atom stereocenters. The molecule has 0 saturated heterocycles. The molecule has 2 aromatic carbocycles. The van der Waals surface area contributed by atoms with Crippen molar-refractivity contribution in [3.8, 4) is 5.75 Å². The average molecular weight is 432 g/mol. The van der Waals surface area contributed by atoms with Gasteiger partial charge in [-0.15, -0.1) is 0 Å². The van der Waals surface area contributed by atoms with Crippen LogP contribution in [0.2, 0.25) is 5.02 Å². The summed E-state index contributed by atoms with van der Waals surface area (Å²) in [6, 6.07) is 13.8. The second kappa shape index (κ2) is 10.8. The van der Waals surface area contributed by atoms with Gasteiger partial charge in [-0.1, -0.05) is 29.8 Å². The highest BCUT2D eigenvalue weighted by Gasteiger charge is 2.21. The number of fused-ring (bicyclic) bond motifs is 1. The summed E-state index contributed by atoms with van der Waals surface area (Å²) in [4.78, 5) is 11.6. The number of hydrogen-bond acceptors (Lipinski definition) is 5. The highest BCUT2D eigenvalue weighted by molar-refractivity contribution is 6.30. The second-order valence-corrected chi connectivity index (χ2v) is 8.22. The van der Waals surface area contributed by atoms with Gasteiger partial charge in [0.15, 0.2) is 0 Å². The first-order valence-electron chi connectivity index (χ1n) is 10.6. The summed E-state index contributed by atoms with van der Waals surface area (Å²) < 4.78 is 10.9. The molecule has 30 heavy (non-hydrogen) atoms. The molecule has 1 aliphatic carbocycles. The number of benzene rings is 2. The van der Waals surface area contributed by atoms with Crippen LogP contribution in [0.5, 0.6) is 5.75 Å². The number of aliphatic hydroxyl groups is 1. The Kier molecular flexibility index (Phi) is 8.14. The van der Waals surface area contributed by atoms with Crippen molar-refractivity contribution in [2.75, 3.05) is 13.2 Å². The molecule has 0 aromatic heterocycles. The Morgan fingerprint density at radius 3 is 2.87 bits per heavy atom. The number of halogens is 1. The number of hydrogen-bond donors (Lipinski definition) is 2. The molecule has 162 valence electrons. The van der Waals surface area contributed by atoms with Gasteiger partial charge in [0.25, 0.3) is 0 Å². The first kappa shape index (κ1) is 22.6. The van der Waals surface area contributed by atoms with Gasteiger partial charge < -0.3 is 19.9 Å². The van der Waals surface area contributed by atoms with Gasteiger partial charge in [0.05, 0.1) is 19.1 Å². The van der Waals surface area contributed by atoms with Gasteiger partial charge in [0.2, 0.25) is 0 Å². The van der Waals surface area contributed by atoms with Crippen LogP contribution in [-0.2, 0) is 22.4 Å². The van der Waals surface area contributed by atoms with E-state index in [1.807, 2.05) is 25.1 Å². The molecule has 0 saturated carbocycles. The zero-order chi connectivity index (χ0) is 21.5. The molecule has 2 aromatic rings. The van der Waals surface area contributed by atoms with Crippen molar-refractivity contribution in [1.82, 2.24) is 5.32 Å². The minimum absolute atomic E-state index is 0.233. The lowest BCUT2D eigenvalue weighted by molar-refractivity contribution is -0.144. The normalized spacial score (nSPS) is 17.7. The first-order valence-corrected chi connectivity index (χ1v) is 10.9. The number of aliphatic hydroxyl groups excluding tert-OH is 1.